The normalized spacial score (nSPS) is 23.0. The van der Waals surface area contributed by atoms with E-state index >= 15 is 0 Å². The van der Waals surface area contributed by atoms with Gasteiger partial charge in [-0.3, -0.25) is 19.1 Å². The number of benzene rings is 2. The van der Waals surface area contributed by atoms with Crippen molar-refractivity contribution in [2.45, 2.75) is 38.3 Å². The molecule has 38 heavy (non-hydrogen) atoms. The summed E-state index contributed by atoms with van der Waals surface area (Å²) in [7, 11) is 2.97. The Bertz CT molecular complexity index is 1330. The molecule has 1 aromatic heterocycles. The number of hydrogen-bond acceptors (Lipinski definition) is 7. The highest BCUT2D eigenvalue weighted by Gasteiger charge is 2.56. The van der Waals surface area contributed by atoms with Crippen molar-refractivity contribution in [2.75, 3.05) is 24.9 Å². The minimum Gasteiger partial charge on any atom is -0.495 e. The van der Waals surface area contributed by atoms with Crippen molar-refractivity contribution in [1.29, 1.82) is 0 Å². The molecule has 0 radical (unpaired) electrons. The monoisotopic (exact) mass is 520 g/mol. The Balaban J connectivity index is 1.77. The van der Waals surface area contributed by atoms with Crippen molar-refractivity contribution >= 4 is 29.0 Å². The quantitative estimate of drug-likeness (QED) is 0.389. The molecular weight excluding hydrogens is 488 g/mol. The van der Waals surface area contributed by atoms with E-state index in [4.69, 9.17) is 9.47 Å². The molecule has 1 fully saturated rings. The molecule has 2 amide bonds. The number of ether oxygens (including phenoxy) is 2. The number of amides is 2. The van der Waals surface area contributed by atoms with Crippen molar-refractivity contribution in [2.24, 2.45) is 11.8 Å². The van der Waals surface area contributed by atoms with E-state index in [2.05, 4.69) is 15.7 Å². The Morgan fingerprint density at radius 2 is 1.58 bits per heavy atom. The average Bonchev–Trinajstić information content (AvgIpc) is 3.37. The number of rotatable bonds is 8. The largest absolute Gasteiger partial charge is 0.495 e. The number of Topliss-reactive ketones (excluding diaryl/α,β-unsaturated/α-hetero) is 1. The molecule has 3 N–H and O–H groups in total. The molecule has 1 heterocycles. The van der Waals surface area contributed by atoms with Crippen molar-refractivity contribution in [1.82, 2.24) is 9.78 Å². The van der Waals surface area contributed by atoms with E-state index in [1.54, 1.807) is 59.4 Å². The number of hydrogen-bond donors (Lipinski definition) is 3. The van der Waals surface area contributed by atoms with Crippen LogP contribution in [0.2, 0.25) is 0 Å². The van der Waals surface area contributed by atoms with E-state index in [0.29, 0.717) is 35.0 Å². The summed E-state index contributed by atoms with van der Waals surface area (Å²) in [5.74, 6) is -4.16. The molecule has 0 unspecified atom stereocenters. The fraction of sp³-hybridized carbons (Fsp3) is 0.357. The highest BCUT2D eigenvalue weighted by atomic mass is 16.5. The second-order valence-electron chi connectivity index (χ2n) is 9.49. The second kappa shape index (κ2) is 11.1. The molecule has 10 nitrogen and oxygen atoms in total. The average molecular weight is 521 g/mol. The van der Waals surface area contributed by atoms with Crippen LogP contribution in [0.15, 0.2) is 60.9 Å². The molecule has 200 valence electrons. The van der Waals surface area contributed by atoms with E-state index < -0.39 is 41.0 Å². The van der Waals surface area contributed by atoms with Gasteiger partial charge >= 0.3 is 0 Å². The minimum atomic E-state index is -1.73. The number of aryl methyl sites for hydroxylation is 1. The molecule has 3 aromatic rings. The Morgan fingerprint density at radius 3 is 2.11 bits per heavy atom. The molecule has 1 aliphatic rings. The predicted octanol–water partition coefficient (Wildman–Crippen LogP) is 3.24. The van der Waals surface area contributed by atoms with Crippen LogP contribution in [-0.4, -0.2) is 52.3 Å². The number of anilines is 2. The zero-order valence-corrected chi connectivity index (χ0v) is 21.8. The number of para-hydroxylation sites is 4. The van der Waals surface area contributed by atoms with Gasteiger partial charge in [-0.1, -0.05) is 24.3 Å². The lowest BCUT2D eigenvalue weighted by Gasteiger charge is -2.44. The Labute approximate surface area is 220 Å². The van der Waals surface area contributed by atoms with Crippen molar-refractivity contribution in [3.8, 4) is 11.5 Å². The summed E-state index contributed by atoms with van der Waals surface area (Å²) >= 11 is 0. The van der Waals surface area contributed by atoms with Gasteiger partial charge in [-0.05, 0) is 43.7 Å². The Kier molecular flexibility index (Phi) is 7.82. The number of ketones is 1. The van der Waals surface area contributed by atoms with Crippen LogP contribution in [0.1, 0.15) is 31.7 Å². The summed E-state index contributed by atoms with van der Waals surface area (Å²) in [5, 5.41) is 21.4. The molecule has 1 saturated carbocycles. The fourth-order valence-electron chi connectivity index (χ4n) is 5.13. The van der Waals surface area contributed by atoms with E-state index in [1.165, 1.54) is 27.3 Å². The molecule has 4 rings (SSSR count). The molecule has 4 atom stereocenters. The van der Waals surface area contributed by atoms with Gasteiger partial charge in [0.2, 0.25) is 11.8 Å². The van der Waals surface area contributed by atoms with Gasteiger partial charge in [0.25, 0.3) is 0 Å². The first-order valence-electron chi connectivity index (χ1n) is 12.3. The number of carbonyl (C=O) groups excluding carboxylic acids is 3. The van der Waals surface area contributed by atoms with Crippen LogP contribution < -0.4 is 20.1 Å². The molecule has 1 aliphatic carbocycles. The predicted molar refractivity (Wildman–Crippen MR) is 141 cm³/mol. The van der Waals surface area contributed by atoms with Crippen molar-refractivity contribution in [3.05, 3.63) is 66.5 Å². The molecular formula is C28H32N4O6. The summed E-state index contributed by atoms with van der Waals surface area (Å²) in [6.07, 6.45) is 2.86. The summed E-state index contributed by atoms with van der Waals surface area (Å²) in [6, 6.07) is 13.7. The van der Waals surface area contributed by atoms with Gasteiger partial charge in [-0.2, -0.15) is 5.10 Å². The van der Waals surface area contributed by atoms with E-state index in [1.807, 2.05) is 6.92 Å². The van der Waals surface area contributed by atoms with E-state index in [0.717, 1.165) is 0 Å². The first-order valence-corrected chi connectivity index (χ1v) is 12.3. The van der Waals surface area contributed by atoms with Gasteiger partial charge in [0.15, 0.2) is 0 Å². The second-order valence-corrected chi connectivity index (χ2v) is 9.49. The minimum absolute atomic E-state index is 0.376. The van der Waals surface area contributed by atoms with Crippen LogP contribution >= 0.6 is 0 Å². The lowest BCUT2D eigenvalue weighted by molar-refractivity contribution is -0.150. The molecule has 0 bridgehead atoms. The standard InChI is InChI=1S/C28H32N4O6/c1-5-32-16-17(15-29-32)23-24(26(34)30-18-10-6-8-12-21(18)37-3)20(33)14-28(2,36)25(23)27(35)31-19-11-7-9-13-22(19)38-4/h6-13,15-16,23-25,36H,5,14H2,1-4H3,(H,30,34)(H,31,35)/t23-,24+,25+,28-/m1/s1. The highest BCUT2D eigenvalue weighted by Crippen LogP contribution is 2.47. The van der Waals surface area contributed by atoms with Crippen molar-refractivity contribution < 1.29 is 29.0 Å². The van der Waals surface area contributed by atoms with Gasteiger partial charge in [0.05, 0.1) is 43.3 Å². The Hall–Kier alpha value is -4.18. The summed E-state index contributed by atoms with van der Waals surface area (Å²) < 4.78 is 12.3. The number of methoxy groups -OCH3 is 2. The third-order valence-electron chi connectivity index (χ3n) is 6.92. The number of nitrogens with one attached hydrogen (secondary N) is 2. The summed E-state index contributed by atoms with van der Waals surface area (Å²) in [5.41, 5.74) is -0.432. The maximum Gasteiger partial charge on any atom is 0.235 e. The van der Waals surface area contributed by atoms with Crippen LogP contribution in [0.4, 0.5) is 11.4 Å². The summed E-state index contributed by atoms with van der Waals surface area (Å²) in [4.78, 5) is 41.0. The van der Waals surface area contributed by atoms with Crippen LogP contribution in [0.25, 0.3) is 0 Å². The maximum absolute atomic E-state index is 13.8. The van der Waals surface area contributed by atoms with Crippen LogP contribution in [-0.2, 0) is 20.9 Å². The molecule has 0 saturated heterocycles. The lowest BCUT2D eigenvalue weighted by Crippen LogP contribution is -2.56. The SMILES string of the molecule is CCn1cc([C@@H]2[C@@H](C(=O)Nc3ccccc3OC)C(=O)C[C@@](C)(O)[C@@H]2C(=O)Nc2ccccc2OC)cn1. The van der Waals surface area contributed by atoms with Crippen LogP contribution in [0.3, 0.4) is 0 Å². The summed E-state index contributed by atoms with van der Waals surface area (Å²) in [6.45, 7) is 3.90. The highest BCUT2D eigenvalue weighted by molar-refractivity contribution is 6.11. The van der Waals surface area contributed by atoms with E-state index in [-0.39, 0.29) is 6.42 Å². The van der Waals surface area contributed by atoms with Gasteiger partial charge in [0, 0.05) is 25.1 Å². The van der Waals surface area contributed by atoms with E-state index in [9.17, 15) is 19.5 Å². The smallest absolute Gasteiger partial charge is 0.235 e. The van der Waals surface area contributed by atoms with Crippen molar-refractivity contribution in [3.63, 3.8) is 0 Å². The molecule has 0 aliphatic heterocycles. The van der Waals surface area contributed by atoms with Gasteiger partial charge in [-0.25, -0.2) is 0 Å². The topological polar surface area (TPSA) is 132 Å². The first kappa shape index (κ1) is 26.9. The zero-order valence-electron chi connectivity index (χ0n) is 21.8. The number of aliphatic hydroxyl groups is 1. The molecule has 10 heteroatoms. The van der Waals surface area contributed by atoms with Crippen LogP contribution in [0.5, 0.6) is 11.5 Å². The first-order chi connectivity index (χ1) is 18.2. The zero-order chi connectivity index (χ0) is 27.4. The van der Waals surface area contributed by atoms with Gasteiger partial charge < -0.3 is 25.2 Å². The molecule has 2 aromatic carbocycles. The lowest BCUT2D eigenvalue weighted by atomic mass is 9.61. The van der Waals surface area contributed by atoms with Gasteiger partial charge in [0.1, 0.15) is 23.2 Å². The number of nitrogens with zero attached hydrogens (tertiary/aromatic N) is 2. The molecule has 0 spiro atoms. The third kappa shape index (κ3) is 5.26. The van der Waals surface area contributed by atoms with Gasteiger partial charge in [-0.15, -0.1) is 0 Å². The fourth-order valence-corrected chi connectivity index (χ4v) is 5.13. The van der Waals surface area contributed by atoms with Crippen LogP contribution in [0, 0.1) is 11.8 Å². The Morgan fingerprint density at radius 1 is 1.03 bits per heavy atom. The number of carbonyl (C=O) groups is 3. The third-order valence-corrected chi connectivity index (χ3v) is 6.92. The maximum atomic E-state index is 13.8. The number of aromatic nitrogens is 2.